The topological polar surface area (TPSA) is 52.1 Å². The molecule has 1 N–H and O–H groups in total. The van der Waals surface area contributed by atoms with E-state index in [1.807, 2.05) is 20.8 Å². The van der Waals surface area contributed by atoms with E-state index >= 15 is 0 Å². The average Bonchev–Trinajstić information content (AvgIpc) is 2.83. The third-order valence-electron chi connectivity index (χ3n) is 2.73. The third kappa shape index (κ3) is 5.05. The van der Waals surface area contributed by atoms with E-state index in [1.165, 1.54) is 0 Å². The molecule has 1 aliphatic heterocycles. The molecular formula is C12H26N2O3Si. The van der Waals surface area contributed by atoms with Crippen molar-refractivity contribution >= 4 is 14.6 Å². The van der Waals surface area contributed by atoms with Crippen LogP contribution in [0.3, 0.4) is 0 Å². The molecule has 0 saturated carbocycles. The van der Waals surface area contributed by atoms with Crippen LogP contribution < -0.4 is 5.32 Å². The van der Waals surface area contributed by atoms with Crippen molar-refractivity contribution < 1.29 is 13.3 Å². The summed E-state index contributed by atoms with van der Waals surface area (Å²) in [7, 11) is -2.45. The quantitative estimate of drug-likeness (QED) is 0.617. The van der Waals surface area contributed by atoms with Crippen LogP contribution in [0.2, 0.25) is 6.04 Å². The van der Waals surface area contributed by atoms with Crippen LogP contribution in [0.4, 0.5) is 0 Å². The summed E-state index contributed by atoms with van der Waals surface area (Å²) in [6.45, 7) is 9.77. The lowest BCUT2D eigenvalue weighted by molar-refractivity contribution is 0.0710. The summed E-state index contributed by atoms with van der Waals surface area (Å²) in [5.41, 5.74) is 0. The summed E-state index contributed by atoms with van der Waals surface area (Å²) < 4.78 is 17.4. The van der Waals surface area contributed by atoms with E-state index in [-0.39, 0.29) is 0 Å². The van der Waals surface area contributed by atoms with Crippen molar-refractivity contribution in [3.63, 3.8) is 0 Å². The van der Waals surface area contributed by atoms with Gasteiger partial charge in [0.1, 0.15) is 0 Å². The van der Waals surface area contributed by atoms with E-state index in [4.69, 9.17) is 13.3 Å². The van der Waals surface area contributed by atoms with Crippen molar-refractivity contribution in [1.29, 1.82) is 0 Å². The second-order valence-corrected chi connectivity index (χ2v) is 6.82. The predicted molar refractivity (Wildman–Crippen MR) is 75.0 cm³/mol. The summed E-state index contributed by atoms with van der Waals surface area (Å²) in [5, 5.41) is 3.28. The van der Waals surface area contributed by atoms with Gasteiger partial charge in [0.25, 0.3) is 0 Å². The van der Waals surface area contributed by atoms with E-state index in [2.05, 4.69) is 10.3 Å². The Morgan fingerprint density at radius 2 is 1.72 bits per heavy atom. The Hall–Kier alpha value is -0.433. The Morgan fingerprint density at radius 1 is 1.11 bits per heavy atom. The normalized spacial score (nSPS) is 15.6. The maximum atomic E-state index is 5.81. The third-order valence-corrected chi connectivity index (χ3v) is 5.88. The molecule has 6 heteroatoms. The second kappa shape index (κ2) is 8.63. The van der Waals surface area contributed by atoms with Crippen LogP contribution in [0.1, 0.15) is 33.6 Å². The van der Waals surface area contributed by atoms with Crippen molar-refractivity contribution in [2.45, 2.75) is 39.7 Å². The van der Waals surface area contributed by atoms with Crippen molar-refractivity contribution in [2.75, 3.05) is 32.9 Å². The number of rotatable bonds is 10. The van der Waals surface area contributed by atoms with Gasteiger partial charge in [-0.3, -0.25) is 4.99 Å². The Morgan fingerprint density at radius 3 is 2.17 bits per heavy atom. The highest BCUT2D eigenvalue weighted by atomic mass is 28.4. The highest BCUT2D eigenvalue weighted by Gasteiger charge is 2.39. The molecule has 5 nitrogen and oxygen atoms in total. The molecule has 106 valence electrons. The molecular weight excluding hydrogens is 248 g/mol. The van der Waals surface area contributed by atoms with Crippen LogP contribution in [0, 0.1) is 0 Å². The maximum absolute atomic E-state index is 5.81. The number of aliphatic imine (C=N–C) groups is 1. The number of hydrogen-bond donors (Lipinski definition) is 1. The zero-order chi connectivity index (χ0) is 13.3. The Balaban J connectivity index is 2.42. The van der Waals surface area contributed by atoms with Gasteiger partial charge in [0.05, 0.1) is 12.4 Å². The lowest BCUT2D eigenvalue weighted by Gasteiger charge is -2.28. The first-order valence-corrected chi connectivity index (χ1v) is 8.88. The first-order chi connectivity index (χ1) is 8.76. The van der Waals surface area contributed by atoms with Gasteiger partial charge in [0, 0.05) is 38.8 Å². The van der Waals surface area contributed by atoms with Gasteiger partial charge in [-0.2, -0.15) is 0 Å². The molecule has 0 spiro atoms. The van der Waals surface area contributed by atoms with Gasteiger partial charge in [0.15, 0.2) is 0 Å². The Bertz CT molecular complexity index is 245. The number of nitrogens with zero attached hydrogens (tertiary/aromatic N) is 1. The van der Waals surface area contributed by atoms with Crippen LogP contribution >= 0.6 is 0 Å². The molecule has 0 unspecified atom stereocenters. The van der Waals surface area contributed by atoms with Crippen LogP contribution in [-0.4, -0.2) is 47.6 Å². The summed E-state index contributed by atoms with van der Waals surface area (Å²) in [5.74, 6) is 1.11. The van der Waals surface area contributed by atoms with Crippen molar-refractivity contribution in [2.24, 2.45) is 4.99 Å². The van der Waals surface area contributed by atoms with Crippen LogP contribution in [0.15, 0.2) is 4.99 Å². The molecule has 1 aliphatic rings. The fraction of sp³-hybridized carbons (Fsp3) is 0.917. The predicted octanol–water partition coefficient (Wildman–Crippen LogP) is 1.82. The van der Waals surface area contributed by atoms with Gasteiger partial charge in [-0.15, -0.1) is 0 Å². The van der Waals surface area contributed by atoms with Crippen LogP contribution in [0.25, 0.3) is 0 Å². The smallest absolute Gasteiger partial charge is 0.374 e. The van der Waals surface area contributed by atoms with Gasteiger partial charge in [-0.25, -0.2) is 0 Å². The van der Waals surface area contributed by atoms with E-state index in [1.54, 1.807) is 0 Å². The van der Waals surface area contributed by atoms with Crippen LogP contribution in [-0.2, 0) is 13.3 Å². The zero-order valence-corrected chi connectivity index (χ0v) is 12.8. The summed E-state index contributed by atoms with van der Waals surface area (Å²) in [6.07, 6.45) is 1.96. The van der Waals surface area contributed by atoms with Crippen molar-refractivity contribution in [3.05, 3.63) is 0 Å². The van der Waals surface area contributed by atoms with Gasteiger partial charge < -0.3 is 18.6 Å². The largest absolute Gasteiger partial charge is 0.500 e. The van der Waals surface area contributed by atoms with Gasteiger partial charge in [-0.1, -0.05) is 0 Å². The first kappa shape index (κ1) is 15.6. The minimum Gasteiger partial charge on any atom is -0.374 e. The van der Waals surface area contributed by atoms with Crippen molar-refractivity contribution in [3.8, 4) is 0 Å². The summed E-state index contributed by atoms with van der Waals surface area (Å²) in [6, 6.07) is 0.864. The monoisotopic (exact) mass is 274 g/mol. The standard InChI is InChI=1S/C12H26N2O3Si/c1-4-15-18(16-5-2,17-6-3)11-7-8-12-13-9-10-14-12/h4-11H2,1-3H3,(H,13,14). The lowest BCUT2D eigenvalue weighted by atomic mass is 10.3. The van der Waals surface area contributed by atoms with E-state index in [9.17, 15) is 0 Å². The van der Waals surface area contributed by atoms with Gasteiger partial charge in [-0.05, 0) is 27.2 Å². The summed E-state index contributed by atoms with van der Waals surface area (Å²) >= 11 is 0. The molecule has 0 aromatic rings. The molecule has 0 fully saturated rings. The highest BCUT2D eigenvalue weighted by molar-refractivity contribution is 6.60. The van der Waals surface area contributed by atoms with Gasteiger partial charge in [0.2, 0.25) is 0 Å². The van der Waals surface area contributed by atoms with Crippen LogP contribution in [0.5, 0.6) is 0 Å². The highest BCUT2D eigenvalue weighted by Crippen LogP contribution is 2.19. The first-order valence-electron chi connectivity index (χ1n) is 6.95. The molecule has 0 atom stereocenters. The Kier molecular flexibility index (Phi) is 7.49. The fourth-order valence-corrected chi connectivity index (χ4v) is 4.70. The fourth-order valence-electron chi connectivity index (χ4n) is 2.09. The molecule has 0 aliphatic carbocycles. The molecule has 0 aromatic carbocycles. The molecule has 1 rings (SSSR count). The van der Waals surface area contributed by atoms with E-state index < -0.39 is 8.80 Å². The SMILES string of the molecule is CCO[Si](CCCC1=NCCN1)(OCC)OCC. The van der Waals surface area contributed by atoms with E-state index in [0.717, 1.165) is 37.8 Å². The minimum absolute atomic E-state index is 0.644. The number of amidine groups is 1. The minimum atomic E-state index is -2.45. The average molecular weight is 274 g/mol. The molecule has 18 heavy (non-hydrogen) atoms. The molecule has 0 aromatic heterocycles. The maximum Gasteiger partial charge on any atom is 0.500 e. The number of hydrogen-bond acceptors (Lipinski definition) is 5. The van der Waals surface area contributed by atoms with Crippen molar-refractivity contribution in [1.82, 2.24) is 5.32 Å². The lowest BCUT2D eigenvalue weighted by Crippen LogP contribution is -2.46. The molecule has 0 bridgehead atoms. The summed E-state index contributed by atoms with van der Waals surface area (Å²) in [4.78, 5) is 4.39. The van der Waals surface area contributed by atoms with Gasteiger partial charge >= 0.3 is 8.80 Å². The second-order valence-electron chi connectivity index (χ2n) is 4.09. The molecule has 1 heterocycles. The molecule has 0 amide bonds. The molecule has 0 radical (unpaired) electrons. The molecule has 0 saturated heterocycles. The van der Waals surface area contributed by atoms with E-state index in [0.29, 0.717) is 19.8 Å². The Labute approximate surface area is 111 Å². The number of nitrogens with one attached hydrogen (secondary N) is 1. The zero-order valence-electron chi connectivity index (χ0n) is 11.8.